The molecule has 0 bridgehead atoms. The lowest BCUT2D eigenvalue weighted by Crippen LogP contribution is -2.20. The first-order valence-corrected chi connectivity index (χ1v) is 7.60. The second kappa shape index (κ2) is 7.74. The average molecular weight is 284 g/mol. The Labute approximate surface area is 127 Å². The Morgan fingerprint density at radius 1 is 1.10 bits per heavy atom. The molecule has 0 aliphatic carbocycles. The number of hydrogen-bond donors (Lipinski definition) is 1. The molecule has 1 heterocycles. The Morgan fingerprint density at radius 3 is 2.52 bits per heavy atom. The van der Waals surface area contributed by atoms with Gasteiger partial charge in [-0.3, -0.25) is 4.98 Å². The largest absolute Gasteiger partial charge is 0.325 e. The number of rotatable bonds is 7. The lowest BCUT2D eigenvalue weighted by Gasteiger charge is -2.22. The summed E-state index contributed by atoms with van der Waals surface area (Å²) in [6.45, 7) is 9.01. The third-order valence-corrected chi connectivity index (χ3v) is 3.34. The van der Waals surface area contributed by atoms with Gasteiger partial charge in [-0.25, -0.2) is 4.98 Å². The Morgan fingerprint density at radius 2 is 1.86 bits per heavy atom. The minimum Gasteiger partial charge on any atom is -0.325 e. The highest BCUT2D eigenvalue weighted by molar-refractivity contribution is 5.59. The van der Waals surface area contributed by atoms with E-state index in [1.807, 2.05) is 12.4 Å². The van der Waals surface area contributed by atoms with E-state index in [1.165, 1.54) is 5.56 Å². The van der Waals surface area contributed by atoms with E-state index in [1.54, 1.807) is 0 Å². The Bertz CT molecular complexity index is 551. The zero-order valence-electron chi connectivity index (χ0n) is 13.1. The third-order valence-electron chi connectivity index (χ3n) is 3.34. The molecule has 2 aromatic rings. The van der Waals surface area contributed by atoms with Crippen molar-refractivity contribution in [3.8, 4) is 0 Å². The quantitative estimate of drug-likeness (QED) is 0.791. The first-order chi connectivity index (χ1) is 10.2. The van der Waals surface area contributed by atoms with Gasteiger partial charge in [0.15, 0.2) is 5.82 Å². The van der Waals surface area contributed by atoms with Crippen LogP contribution in [0.1, 0.15) is 31.5 Å². The second-order valence-corrected chi connectivity index (χ2v) is 5.13. The van der Waals surface area contributed by atoms with Crippen LogP contribution in [0.4, 0.5) is 11.5 Å². The number of nitrogens with zero attached hydrogens (tertiary/aromatic N) is 3. The van der Waals surface area contributed by atoms with Crippen LogP contribution in [0.25, 0.3) is 0 Å². The van der Waals surface area contributed by atoms with Crippen molar-refractivity contribution in [2.75, 3.05) is 18.0 Å². The van der Waals surface area contributed by atoms with E-state index in [2.05, 4.69) is 60.2 Å². The molecule has 1 N–H and O–H groups in total. The summed E-state index contributed by atoms with van der Waals surface area (Å²) in [5.41, 5.74) is 3.39. The van der Waals surface area contributed by atoms with Crippen LogP contribution in [0.3, 0.4) is 0 Å². The fraction of sp³-hybridized carbons (Fsp3) is 0.412. The fourth-order valence-corrected chi connectivity index (χ4v) is 2.20. The van der Waals surface area contributed by atoms with Gasteiger partial charge in [-0.1, -0.05) is 24.6 Å². The van der Waals surface area contributed by atoms with Crippen LogP contribution in [-0.2, 0) is 6.54 Å². The summed E-state index contributed by atoms with van der Waals surface area (Å²) in [7, 11) is 0. The van der Waals surface area contributed by atoms with Crippen LogP contribution in [0, 0.1) is 6.92 Å². The Hall–Kier alpha value is -1.94. The molecule has 0 saturated carbocycles. The number of anilines is 2. The molecule has 1 aromatic heterocycles. The SMILES string of the molecule is CCCNCc1cncc(N(CC)c2ccc(C)cc2)n1. The highest BCUT2D eigenvalue weighted by Crippen LogP contribution is 2.23. The summed E-state index contributed by atoms with van der Waals surface area (Å²) >= 11 is 0. The maximum absolute atomic E-state index is 4.72. The first-order valence-electron chi connectivity index (χ1n) is 7.60. The fourth-order valence-electron chi connectivity index (χ4n) is 2.20. The normalized spacial score (nSPS) is 10.6. The van der Waals surface area contributed by atoms with Gasteiger partial charge in [0.1, 0.15) is 0 Å². The van der Waals surface area contributed by atoms with E-state index < -0.39 is 0 Å². The molecule has 4 heteroatoms. The third kappa shape index (κ3) is 4.26. The second-order valence-electron chi connectivity index (χ2n) is 5.13. The van der Waals surface area contributed by atoms with Crippen molar-refractivity contribution in [1.29, 1.82) is 0 Å². The molecule has 0 radical (unpaired) electrons. The topological polar surface area (TPSA) is 41.1 Å². The van der Waals surface area contributed by atoms with E-state index in [0.717, 1.165) is 43.3 Å². The minimum absolute atomic E-state index is 0.764. The van der Waals surface area contributed by atoms with Crippen LogP contribution in [0.5, 0.6) is 0 Å². The molecule has 21 heavy (non-hydrogen) atoms. The van der Waals surface area contributed by atoms with E-state index >= 15 is 0 Å². The van der Waals surface area contributed by atoms with Crippen LogP contribution in [0.15, 0.2) is 36.7 Å². The Kier molecular flexibility index (Phi) is 5.69. The molecule has 2 rings (SSSR count). The number of aryl methyl sites for hydroxylation is 1. The first kappa shape index (κ1) is 15.4. The van der Waals surface area contributed by atoms with Gasteiger partial charge in [-0.2, -0.15) is 0 Å². The van der Waals surface area contributed by atoms with E-state index in [4.69, 9.17) is 4.98 Å². The highest BCUT2D eigenvalue weighted by atomic mass is 15.2. The van der Waals surface area contributed by atoms with E-state index in [9.17, 15) is 0 Å². The van der Waals surface area contributed by atoms with Crippen molar-refractivity contribution in [3.63, 3.8) is 0 Å². The molecule has 0 atom stereocenters. The molecule has 0 amide bonds. The van der Waals surface area contributed by atoms with Crippen LogP contribution in [0.2, 0.25) is 0 Å². The smallest absolute Gasteiger partial charge is 0.151 e. The van der Waals surface area contributed by atoms with E-state index in [0.29, 0.717) is 0 Å². The van der Waals surface area contributed by atoms with Crippen molar-refractivity contribution in [2.24, 2.45) is 0 Å². The number of nitrogens with one attached hydrogen (secondary N) is 1. The maximum Gasteiger partial charge on any atom is 0.151 e. The van der Waals surface area contributed by atoms with Crippen molar-refractivity contribution < 1.29 is 0 Å². The van der Waals surface area contributed by atoms with Gasteiger partial charge in [0, 0.05) is 25.0 Å². The van der Waals surface area contributed by atoms with Gasteiger partial charge < -0.3 is 10.2 Å². The Balaban J connectivity index is 2.17. The van der Waals surface area contributed by atoms with Crippen molar-refractivity contribution in [2.45, 2.75) is 33.7 Å². The van der Waals surface area contributed by atoms with Crippen molar-refractivity contribution in [1.82, 2.24) is 15.3 Å². The number of benzene rings is 1. The number of aromatic nitrogens is 2. The summed E-state index contributed by atoms with van der Waals surface area (Å²) in [6, 6.07) is 8.50. The van der Waals surface area contributed by atoms with Gasteiger partial charge in [0.25, 0.3) is 0 Å². The van der Waals surface area contributed by atoms with Gasteiger partial charge in [-0.05, 0) is 38.9 Å². The molecule has 0 saturated heterocycles. The molecular weight excluding hydrogens is 260 g/mol. The zero-order valence-corrected chi connectivity index (χ0v) is 13.1. The van der Waals surface area contributed by atoms with Crippen molar-refractivity contribution >= 4 is 11.5 Å². The molecule has 0 fully saturated rings. The standard InChI is InChI=1S/C17H24N4/c1-4-10-18-11-15-12-19-13-17(20-15)21(5-2)16-8-6-14(3)7-9-16/h6-9,12-13,18H,4-5,10-11H2,1-3H3. The van der Waals surface area contributed by atoms with Gasteiger partial charge in [0.2, 0.25) is 0 Å². The predicted octanol–water partition coefficient (Wildman–Crippen LogP) is 3.44. The van der Waals surface area contributed by atoms with Crippen LogP contribution >= 0.6 is 0 Å². The highest BCUT2D eigenvalue weighted by Gasteiger charge is 2.09. The monoisotopic (exact) mass is 284 g/mol. The minimum atomic E-state index is 0.764. The van der Waals surface area contributed by atoms with Gasteiger partial charge >= 0.3 is 0 Å². The lowest BCUT2D eigenvalue weighted by atomic mass is 10.2. The molecular formula is C17H24N4. The summed E-state index contributed by atoms with van der Waals surface area (Å²) in [5.74, 6) is 0.900. The van der Waals surface area contributed by atoms with E-state index in [-0.39, 0.29) is 0 Å². The van der Waals surface area contributed by atoms with Gasteiger partial charge in [0.05, 0.1) is 11.9 Å². The molecule has 4 nitrogen and oxygen atoms in total. The zero-order chi connectivity index (χ0) is 15.1. The molecule has 0 spiro atoms. The lowest BCUT2D eigenvalue weighted by molar-refractivity contribution is 0.661. The molecule has 1 aromatic carbocycles. The summed E-state index contributed by atoms with van der Waals surface area (Å²) in [4.78, 5) is 11.2. The van der Waals surface area contributed by atoms with Crippen molar-refractivity contribution in [3.05, 3.63) is 47.9 Å². The predicted molar refractivity (Wildman–Crippen MR) is 87.9 cm³/mol. The summed E-state index contributed by atoms with van der Waals surface area (Å²) < 4.78 is 0. The van der Waals surface area contributed by atoms with Crippen LogP contribution in [-0.4, -0.2) is 23.1 Å². The summed E-state index contributed by atoms with van der Waals surface area (Å²) in [5, 5.41) is 3.36. The number of hydrogen-bond acceptors (Lipinski definition) is 4. The van der Waals surface area contributed by atoms with Crippen LogP contribution < -0.4 is 10.2 Å². The molecule has 112 valence electrons. The molecule has 0 aliphatic rings. The molecule has 0 unspecified atom stereocenters. The van der Waals surface area contributed by atoms with Gasteiger partial charge in [-0.15, -0.1) is 0 Å². The molecule has 0 aliphatic heterocycles. The average Bonchev–Trinajstić information content (AvgIpc) is 2.51. The summed E-state index contributed by atoms with van der Waals surface area (Å²) in [6.07, 6.45) is 4.78. The maximum atomic E-state index is 4.72.